The van der Waals surface area contributed by atoms with Crippen LogP contribution in [0.1, 0.15) is 37.3 Å². The largest absolute Gasteiger partial charge is 0.381 e. The first-order valence-electron chi connectivity index (χ1n) is 12.8. The monoisotopic (exact) mass is 484 g/mol. The van der Waals surface area contributed by atoms with Gasteiger partial charge in [0.25, 0.3) is 6.48 Å². The van der Waals surface area contributed by atoms with E-state index in [2.05, 4.69) is 31.2 Å². The van der Waals surface area contributed by atoms with E-state index in [-0.39, 0.29) is 36.6 Å². The zero-order valence-electron chi connectivity index (χ0n) is 20.3. The first-order chi connectivity index (χ1) is 17.3. The zero-order chi connectivity index (χ0) is 23.9. The van der Waals surface area contributed by atoms with Gasteiger partial charge in [-0.1, -0.05) is 67.6 Å². The van der Waals surface area contributed by atoms with Crippen LogP contribution in [0.2, 0.25) is 0 Å². The average molecular weight is 485 g/mol. The van der Waals surface area contributed by atoms with Crippen molar-refractivity contribution in [2.75, 3.05) is 19.8 Å². The van der Waals surface area contributed by atoms with E-state index in [9.17, 15) is 0 Å². The number of hydrogen-bond acceptors (Lipinski definition) is 7. The van der Waals surface area contributed by atoms with E-state index in [1.54, 1.807) is 0 Å². The lowest BCUT2D eigenvalue weighted by atomic mass is 9.82. The van der Waals surface area contributed by atoms with Crippen molar-refractivity contribution >= 4 is 0 Å². The lowest BCUT2D eigenvalue weighted by molar-refractivity contribution is -0.489. The number of unbranched alkanes of at least 4 members (excludes halogenated alkanes) is 1. The van der Waals surface area contributed by atoms with Crippen molar-refractivity contribution in [3.05, 3.63) is 71.8 Å². The minimum absolute atomic E-state index is 0.269. The summed E-state index contributed by atoms with van der Waals surface area (Å²) < 4.78 is 43.0. The van der Waals surface area contributed by atoms with E-state index in [4.69, 9.17) is 33.2 Å². The van der Waals surface area contributed by atoms with Gasteiger partial charge in [0.05, 0.1) is 13.2 Å². The van der Waals surface area contributed by atoms with Crippen LogP contribution in [-0.2, 0) is 46.4 Å². The Labute approximate surface area is 207 Å². The van der Waals surface area contributed by atoms with Crippen LogP contribution in [0.15, 0.2) is 60.7 Å². The molecule has 35 heavy (non-hydrogen) atoms. The molecule has 0 radical (unpaired) electrons. The van der Waals surface area contributed by atoms with Crippen LogP contribution in [0, 0.1) is 0 Å². The molecule has 4 aliphatic rings. The molecule has 3 aliphatic heterocycles. The van der Waals surface area contributed by atoms with E-state index >= 15 is 0 Å². The summed E-state index contributed by atoms with van der Waals surface area (Å²) in [5.41, 5.74) is 2.20. The smallest absolute Gasteiger partial charge is 0.272 e. The normalized spacial score (nSPS) is 31.2. The molecule has 6 rings (SSSR count). The molecule has 6 unspecified atom stereocenters. The number of ether oxygens (including phenoxy) is 7. The summed E-state index contributed by atoms with van der Waals surface area (Å²) in [6.07, 6.45) is 1.17. The van der Waals surface area contributed by atoms with Gasteiger partial charge in [-0.3, -0.25) is 0 Å². The molecule has 0 N–H and O–H groups in total. The summed E-state index contributed by atoms with van der Waals surface area (Å²) in [6, 6.07) is 20.3. The Morgan fingerprint density at radius 1 is 0.600 bits per heavy atom. The predicted molar refractivity (Wildman–Crippen MR) is 129 cm³/mol. The van der Waals surface area contributed by atoms with Crippen LogP contribution in [0.25, 0.3) is 0 Å². The maximum Gasteiger partial charge on any atom is 0.272 e. The highest BCUT2D eigenvalue weighted by Gasteiger charge is 2.63. The molecule has 0 spiro atoms. The van der Waals surface area contributed by atoms with E-state index in [1.807, 2.05) is 36.4 Å². The Balaban J connectivity index is 1.25. The van der Waals surface area contributed by atoms with Crippen LogP contribution in [-0.4, -0.2) is 62.9 Å². The quantitative estimate of drug-likeness (QED) is 0.372. The highest BCUT2D eigenvalue weighted by atomic mass is 16.9. The van der Waals surface area contributed by atoms with Gasteiger partial charge in [-0.15, -0.1) is 0 Å². The second-order valence-electron chi connectivity index (χ2n) is 9.27. The van der Waals surface area contributed by atoms with Crippen molar-refractivity contribution in [2.45, 2.75) is 82.5 Å². The lowest BCUT2D eigenvalue weighted by Gasteiger charge is -2.58. The fraction of sp³-hybridized carbons (Fsp3) is 0.571. The van der Waals surface area contributed by atoms with Crippen LogP contribution in [0.3, 0.4) is 0 Å². The molecule has 7 heteroatoms. The molecule has 4 bridgehead atoms. The fourth-order valence-corrected chi connectivity index (χ4v) is 4.94. The van der Waals surface area contributed by atoms with E-state index in [1.165, 1.54) is 0 Å². The van der Waals surface area contributed by atoms with Crippen LogP contribution in [0.4, 0.5) is 0 Å². The summed E-state index contributed by atoms with van der Waals surface area (Å²) in [5.74, 6) is 0. The third kappa shape index (κ3) is 6.12. The van der Waals surface area contributed by atoms with Crippen LogP contribution >= 0.6 is 0 Å². The SMILES string of the molecule is CCCOCCCCOC1C2OC3OC(C2OCc2ccccc2)C(OCc2ccccc2)[C@H]1O3. The van der Waals surface area contributed by atoms with Gasteiger partial charge < -0.3 is 33.2 Å². The third-order valence-electron chi connectivity index (χ3n) is 6.66. The molecule has 3 heterocycles. The Morgan fingerprint density at radius 3 is 1.60 bits per heavy atom. The first-order valence-corrected chi connectivity index (χ1v) is 12.8. The molecule has 190 valence electrons. The van der Waals surface area contributed by atoms with Crippen molar-refractivity contribution in [1.29, 1.82) is 0 Å². The van der Waals surface area contributed by atoms with Crippen LogP contribution < -0.4 is 0 Å². The summed E-state index contributed by atoms with van der Waals surface area (Å²) in [6.45, 7) is 4.51. The maximum atomic E-state index is 6.40. The van der Waals surface area contributed by atoms with Gasteiger partial charge in [-0.05, 0) is 30.4 Å². The summed E-state index contributed by atoms with van der Waals surface area (Å²) >= 11 is 0. The zero-order valence-corrected chi connectivity index (χ0v) is 20.3. The summed E-state index contributed by atoms with van der Waals surface area (Å²) in [7, 11) is 0. The minimum atomic E-state index is -0.703. The first kappa shape index (κ1) is 24.8. The van der Waals surface area contributed by atoms with Crippen molar-refractivity contribution in [2.24, 2.45) is 0 Å². The molecule has 4 fully saturated rings. The van der Waals surface area contributed by atoms with Gasteiger partial charge in [0.2, 0.25) is 0 Å². The maximum absolute atomic E-state index is 6.40. The molecule has 1 saturated carbocycles. The van der Waals surface area contributed by atoms with Gasteiger partial charge >= 0.3 is 0 Å². The van der Waals surface area contributed by atoms with Crippen LogP contribution in [0.5, 0.6) is 0 Å². The molecule has 0 aromatic heterocycles. The van der Waals surface area contributed by atoms with Gasteiger partial charge in [-0.25, -0.2) is 0 Å². The van der Waals surface area contributed by atoms with Gasteiger partial charge in [0.1, 0.15) is 36.6 Å². The van der Waals surface area contributed by atoms with E-state index in [0.717, 1.165) is 43.6 Å². The highest BCUT2D eigenvalue weighted by Crippen LogP contribution is 2.44. The minimum Gasteiger partial charge on any atom is -0.381 e. The highest BCUT2D eigenvalue weighted by molar-refractivity contribution is 5.15. The molecule has 7 atom stereocenters. The molecule has 3 saturated heterocycles. The fourth-order valence-electron chi connectivity index (χ4n) is 4.94. The molecule has 2 aromatic carbocycles. The second kappa shape index (κ2) is 12.4. The van der Waals surface area contributed by atoms with Crippen molar-refractivity contribution < 1.29 is 33.2 Å². The predicted octanol–water partition coefficient (Wildman–Crippen LogP) is 4.23. The van der Waals surface area contributed by atoms with Gasteiger partial charge in [-0.2, -0.15) is 0 Å². The summed E-state index contributed by atoms with van der Waals surface area (Å²) in [4.78, 5) is 0. The molecular formula is C28H36O7. The van der Waals surface area contributed by atoms with Gasteiger partial charge in [0.15, 0.2) is 0 Å². The molecule has 2 aromatic rings. The average Bonchev–Trinajstić information content (AvgIpc) is 2.90. The molecule has 0 amide bonds. The van der Waals surface area contributed by atoms with Crippen molar-refractivity contribution in [3.63, 3.8) is 0 Å². The number of rotatable bonds is 14. The van der Waals surface area contributed by atoms with Crippen molar-refractivity contribution in [1.82, 2.24) is 0 Å². The topological polar surface area (TPSA) is 64.6 Å². The van der Waals surface area contributed by atoms with Crippen molar-refractivity contribution in [3.8, 4) is 0 Å². The number of benzene rings is 2. The molecular weight excluding hydrogens is 448 g/mol. The standard InChI is InChI=1S/C28H36O7/c1-2-15-29-16-9-10-17-30-22-25-23(31-18-20-11-5-3-6-12-20)27-24(26(22)34-28(33-25)35-27)32-19-21-13-7-4-8-14-21/h3-8,11-14,22-28H,2,9-10,15-19H2,1H3/t22?,23?,24?,25-,26?,27?,28?/m0/s1. The van der Waals surface area contributed by atoms with E-state index < -0.39 is 6.48 Å². The Bertz CT molecular complexity index is 818. The number of hydrogen-bond donors (Lipinski definition) is 0. The molecule has 1 aliphatic carbocycles. The van der Waals surface area contributed by atoms with E-state index in [0.29, 0.717) is 19.8 Å². The summed E-state index contributed by atoms with van der Waals surface area (Å²) in [5, 5.41) is 0. The third-order valence-corrected chi connectivity index (χ3v) is 6.66. The molecule has 7 nitrogen and oxygen atoms in total. The second-order valence-corrected chi connectivity index (χ2v) is 9.27. The lowest BCUT2D eigenvalue weighted by Crippen LogP contribution is -2.76. The van der Waals surface area contributed by atoms with Gasteiger partial charge in [0, 0.05) is 19.8 Å². The Morgan fingerprint density at radius 2 is 1.09 bits per heavy atom. The Hall–Kier alpha value is -1.84. The Kier molecular flexibility index (Phi) is 8.81.